The normalized spacial score (nSPS) is 16.9. The third kappa shape index (κ3) is 4.44. The van der Waals surface area contributed by atoms with Crippen LogP contribution in [0.15, 0.2) is 4.52 Å². The summed E-state index contributed by atoms with van der Waals surface area (Å²) in [5, 5.41) is 4.72. The Morgan fingerprint density at radius 3 is 2.89 bits per heavy atom. The molecule has 1 heterocycles. The molecule has 0 radical (unpaired) electrons. The molecule has 0 unspecified atom stereocenters. The molecular weight excluding hydrogens is 248 g/mol. The maximum absolute atomic E-state index is 10.9. The summed E-state index contributed by atoms with van der Waals surface area (Å²) >= 11 is 1.94. The van der Waals surface area contributed by atoms with Crippen LogP contribution >= 0.6 is 11.8 Å². The number of aryl methyl sites for hydroxylation is 1. The first-order valence-corrected chi connectivity index (χ1v) is 7.71. The average molecular weight is 268 g/mol. The second-order valence-electron chi connectivity index (χ2n) is 4.88. The first-order chi connectivity index (χ1) is 8.74. The Labute approximate surface area is 112 Å². The quantitative estimate of drug-likeness (QED) is 0.793. The molecule has 0 saturated heterocycles. The van der Waals surface area contributed by atoms with Crippen molar-refractivity contribution in [2.24, 2.45) is 0 Å². The summed E-state index contributed by atoms with van der Waals surface area (Å²) in [7, 11) is 0. The van der Waals surface area contributed by atoms with Gasteiger partial charge in [-0.05, 0) is 19.8 Å². The molecule has 1 aromatic heterocycles. The predicted molar refractivity (Wildman–Crippen MR) is 71.5 cm³/mol. The van der Waals surface area contributed by atoms with Crippen LogP contribution in [-0.4, -0.2) is 21.2 Å². The smallest absolute Gasteiger partial charge is 0.227 e. The van der Waals surface area contributed by atoms with Gasteiger partial charge in [-0.25, -0.2) is 0 Å². The van der Waals surface area contributed by atoms with E-state index in [1.807, 2.05) is 11.8 Å². The monoisotopic (exact) mass is 268 g/mol. The van der Waals surface area contributed by atoms with Crippen molar-refractivity contribution in [1.82, 2.24) is 10.1 Å². The fourth-order valence-electron chi connectivity index (χ4n) is 2.16. The van der Waals surface area contributed by atoms with E-state index in [2.05, 4.69) is 10.1 Å². The second kappa shape index (κ2) is 6.92. The molecule has 1 aliphatic rings. The molecule has 1 aromatic rings. The summed E-state index contributed by atoms with van der Waals surface area (Å²) in [5.74, 6) is 2.34. The topological polar surface area (TPSA) is 56.0 Å². The first-order valence-electron chi connectivity index (χ1n) is 6.66. The number of hydrogen-bond acceptors (Lipinski definition) is 5. The van der Waals surface area contributed by atoms with Crippen LogP contribution in [0.3, 0.4) is 0 Å². The highest BCUT2D eigenvalue weighted by atomic mass is 32.2. The van der Waals surface area contributed by atoms with Gasteiger partial charge in [0, 0.05) is 18.1 Å². The van der Waals surface area contributed by atoms with E-state index in [0.717, 1.165) is 16.8 Å². The van der Waals surface area contributed by atoms with Crippen LogP contribution in [0.1, 0.15) is 57.2 Å². The van der Waals surface area contributed by atoms with Crippen molar-refractivity contribution in [3.05, 3.63) is 11.7 Å². The van der Waals surface area contributed by atoms with Gasteiger partial charge in [-0.2, -0.15) is 16.7 Å². The van der Waals surface area contributed by atoms with Gasteiger partial charge in [0.1, 0.15) is 5.78 Å². The summed E-state index contributed by atoms with van der Waals surface area (Å²) < 4.78 is 5.13. The molecular formula is C13H20N2O2S. The van der Waals surface area contributed by atoms with E-state index in [1.54, 1.807) is 6.92 Å². The van der Waals surface area contributed by atoms with Crippen molar-refractivity contribution in [3.63, 3.8) is 0 Å². The fraction of sp³-hybridized carbons (Fsp3) is 0.769. The van der Waals surface area contributed by atoms with Gasteiger partial charge in [0.15, 0.2) is 5.82 Å². The molecule has 18 heavy (non-hydrogen) atoms. The van der Waals surface area contributed by atoms with Crippen molar-refractivity contribution in [1.29, 1.82) is 0 Å². The summed E-state index contributed by atoms with van der Waals surface area (Å²) in [6.07, 6.45) is 7.78. The zero-order chi connectivity index (χ0) is 12.8. The molecule has 1 fully saturated rings. The number of aromatic nitrogens is 2. The molecule has 5 heteroatoms. The summed E-state index contributed by atoms with van der Waals surface area (Å²) in [6, 6.07) is 0. The first kappa shape index (κ1) is 13.6. The van der Waals surface area contributed by atoms with Crippen LogP contribution in [0.5, 0.6) is 0 Å². The molecule has 4 nitrogen and oxygen atoms in total. The van der Waals surface area contributed by atoms with Crippen molar-refractivity contribution in [2.75, 3.05) is 0 Å². The molecule has 0 N–H and O–H groups in total. The van der Waals surface area contributed by atoms with E-state index >= 15 is 0 Å². The average Bonchev–Trinajstić information content (AvgIpc) is 2.83. The summed E-state index contributed by atoms with van der Waals surface area (Å²) in [4.78, 5) is 15.2. The van der Waals surface area contributed by atoms with Crippen LogP contribution < -0.4 is 0 Å². The van der Waals surface area contributed by atoms with E-state index in [1.165, 1.54) is 32.1 Å². The molecule has 100 valence electrons. The molecule has 1 saturated carbocycles. The lowest BCUT2D eigenvalue weighted by Gasteiger charge is -2.19. The Balaban J connectivity index is 1.73. The highest BCUT2D eigenvalue weighted by Crippen LogP contribution is 2.29. The summed E-state index contributed by atoms with van der Waals surface area (Å²) in [6.45, 7) is 1.58. The molecule has 2 rings (SSSR count). The van der Waals surface area contributed by atoms with Gasteiger partial charge in [0.25, 0.3) is 0 Å². The van der Waals surface area contributed by atoms with Gasteiger partial charge >= 0.3 is 0 Å². The van der Waals surface area contributed by atoms with Crippen LogP contribution in [0, 0.1) is 0 Å². The van der Waals surface area contributed by atoms with Gasteiger partial charge in [-0.1, -0.05) is 24.4 Å². The van der Waals surface area contributed by atoms with Gasteiger partial charge < -0.3 is 9.32 Å². The minimum atomic E-state index is 0.159. The maximum atomic E-state index is 10.9. The second-order valence-corrected chi connectivity index (χ2v) is 6.17. The van der Waals surface area contributed by atoms with E-state index in [0.29, 0.717) is 18.7 Å². The molecule has 1 aliphatic carbocycles. The van der Waals surface area contributed by atoms with Crippen molar-refractivity contribution in [3.8, 4) is 0 Å². The minimum Gasteiger partial charge on any atom is -0.339 e. The van der Waals surface area contributed by atoms with Crippen LogP contribution in [-0.2, 0) is 17.0 Å². The number of rotatable bonds is 6. The number of Topliss-reactive ketones (excluding diaryl/α,β-unsaturated/α-hetero) is 1. The molecule has 0 amide bonds. The number of carbonyl (C=O) groups excluding carboxylic acids is 1. The van der Waals surface area contributed by atoms with Crippen molar-refractivity contribution < 1.29 is 9.32 Å². The third-order valence-electron chi connectivity index (χ3n) is 3.20. The highest BCUT2D eigenvalue weighted by molar-refractivity contribution is 7.99. The minimum absolute atomic E-state index is 0.159. The van der Waals surface area contributed by atoms with Gasteiger partial charge in [0.05, 0.1) is 5.75 Å². The van der Waals surface area contributed by atoms with Crippen molar-refractivity contribution in [2.45, 2.75) is 62.9 Å². The lowest BCUT2D eigenvalue weighted by molar-refractivity contribution is -0.117. The lowest BCUT2D eigenvalue weighted by atomic mass is 10.0. The molecule has 0 bridgehead atoms. The molecule has 0 spiro atoms. The Bertz CT molecular complexity index is 386. The fourth-order valence-corrected chi connectivity index (χ4v) is 3.33. The predicted octanol–water partition coefficient (Wildman–Crippen LogP) is 3.16. The molecule has 0 aliphatic heterocycles. The number of hydrogen-bond donors (Lipinski definition) is 0. The van der Waals surface area contributed by atoms with Crippen LogP contribution in [0.2, 0.25) is 0 Å². The van der Waals surface area contributed by atoms with Gasteiger partial charge in [-0.15, -0.1) is 0 Å². The van der Waals surface area contributed by atoms with Crippen molar-refractivity contribution >= 4 is 17.5 Å². The van der Waals surface area contributed by atoms with E-state index in [9.17, 15) is 4.79 Å². The largest absolute Gasteiger partial charge is 0.339 e. The van der Waals surface area contributed by atoms with E-state index < -0.39 is 0 Å². The zero-order valence-electron chi connectivity index (χ0n) is 10.9. The number of ketones is 1. The van der Waals surface area contributed by atoms with Crippen LogP contribution in [0.4, 0.5) is 0 Å². The van der Waals surface area contributed by atoms with E-state index in [-0.39, 0.29) is 5.78 Å². The van der Waals surface area contributed by atoms with E-state index in [4.69, 9.17) is 4.52 Å². The highest BCUT2D eigenvalue weighted by Gasteiger charge is 2.15. The number of carbonyl (C=O) groups is 1. The van der Waals surface area contributed by atoms with Gasteiger partial charge in [0.2, 0.25) is 5.89 Å². The third-order valence-corrected chi connectivity index (χ3v) is 4.57. The molecule has 0 atom stereocenters. The molecule has 0 aromatic carbocycles. The lowest BCUT2D eigenvalue weighted by Crippen LogP contribution is -2.08. The van der Waals surface area contributed by atoms with Crippen LogP contribution in [0.25, 0.3) is 0 Å². The Hall–Kier alpha value is -0.840. The standard InChI is InChI=1S/C13H20N2O2S/c1-10(16)7-8-13-14-12(15-17-13)9-18-11-5-3-2-4-6-11/h11H,2-9H2,1H3. The SMILES string of the molecule is CC(=O)CCc1nc(CSC2CCCCC2)no1. The Morgan fingerprint density at radius 1 is 1.39 bits per heavy atom. The number of thioether (sulfide) groups is 1. The Kier molecular flexibility index (Phi) is 5.23. The summed E-state index contributed by atoms with van der Waals surface area (Å²) in [5.41, 5.74) is 0. The van der Waals surface area contributed by atoms with Gasteiger partial charge in [-0.3, -0.25) is 0 Å². The Morgan fingerprint density at radius 2 is 2.17 bits per heavy atom. The zero-order valence-corrected chi connectivity index (χ0v) is 11.7. The number of nitrogens with zero attached hydrogens (tertiary/aromatic N) is 2. The maximum Gasteiger partial charge on any atom is 0.227 e.